The zero-order valence-electron chi connectivity index (χ0n) is 13.9. The lowest BCUT2D eigenvalue weighted by atomic mass is 10.0. The monoisotopic (exact) mass is 314 g/mol. The predicted octanol–water partition coefficient (Wildman–Crippen LogP) is 7.18. The number of carbonyl (C=O) groups is 1. The Kier molecular flexibility index (Phi) is 17.5. The highest BCUT2D eigenvalue weighted by molar-refractivity contribution is 6.63. The summed E-state index contributed by atoms with van der Waals surface area (Å²) in [5, 5.41) is -0.185. The van der Waals surface area contributed by atoms with Crippen LogP contribution in [0.1, 0.15) is 103 Å². The van der Waals surface area contributed by atoms with Crippen molar-refractivity contribution in [2.45, 2.75) is 103 Å². The van der Waals surface area contributed by atoms with Crippen LogP contribution >= 0.6 is 11.6 Å². The smallest absolute Gasteiger partial charge is 0.221 e. The number of rotatable bonds is 17. The van der Waals surface area contributed by atoms with E-state index >= 15 is 0 Å². The molecule has 0 aliphatic heterocycles. The van der Waals surface area contributed by atoms with Gasteiger partial charge in [-0.2, -0.15) is 0 Å². The second-order valence-electron chi connectivity index (χ2n) is 6.13. The Balaban J connectivity index is 2.96. The van der Waals surface area contributed by atoms with E-state index in [-0.39, 0.29) is 5.24 Å². The molecule has 0 unspecified atom stereocenters. The van der Waals surface area contributed by atoms with Crippen LogP contribution in [-0.2, 0) is 4.79 Å². The summed E-state index contributed by atoms with van der Waals surface area (Å²) >= 11 is 5.30. The third-order valence-electron chi connectivity index (χ3n) is 4.03. The molecule has 0 saturated heterocycles. The fraction of sp³-hybridized carbons (Fsp3) is 0.842. The Labute approximate surface area is 137 Å². The summed E-state index contributed by atoms with van der Waals surface area (Å²) in [5.41, 5.74) is 0. The number of hydrogen-bond acceptors (Lipinski definition) is 1. The molecule has 124 valence electrons. The molecule has 1 nitrogen and oxygen atoms in total. The average molecular weight is 315 g/mol. The minimum atomic E-state index is -0.185. The van der Waals surface area contributed by atoms with Crippen LogP contribution in [-0.4, -0.2) is 5.24 Å². The third kappa shape index (κ3) is 19.7. The van der Waals surface area contributed by atoms with Crippen molar-refractivity contribution in [3.8, 4) is 0 Å². The van der Waals surface area contributed by atoms with Gasteiger partial charge in [0.05, 0.1) is 0 Å². The lowest BCUT2D eigenvalue weighted by Crippen LogP contribution is -1.86. The Bertz CT molecular complexity index is 238. The molecule has 0 saturated carbocycles. The Morgan fingerprint density at radius 1 is 0.667 bits per heavy atom. The van der Waals surface area contributed by atoms with E-state index in [2.05, 4.69) is 6.58 Å². The molecule has 0 aromatic rings. The molecule has 0 bridgehead atoms. The molecular weight excluding hydrogens is 280 g/mol. The zero-order chi connectivity index (χ0) is 15.6. The van der Waals surface area contributed by atoms with Gasteiger partial charge in [0.15, 0.2) is 0 Å². The van der Waals surface area contributed by atoms with Gasteiger partial charge in [0.2, 0.25) is 5.24 Å². The Hall–Kier alpha value is -0.300. The second kappa shape index (κ2) is 17.8. The van der Waals surface area contributed by atoms with Crippen LogP contribution in [0.25, 0.3) is 0 Å². The van der Waals surface area contributed by atoms with Gasteiger partial charge in [-0.3, -0.25) is 4.79 Å². The lowest BCUT2D eigenvalue weighted by Gasteiger charge is -2.03. The van der Waals surface area contributed by atoms with Gasteiger partial charge in [-0.15, -0.1) is 6.58 Å². The van der Waals surface area contributed by atoms with Crippen molar-refractivity contribution in [2.75, 3.05) is 0 Å². The van der Waals surface area contributed by atoms with Crippen LogP contribution < -0.4 is 0 Å². The fourth-order valence-corrected chi connectivity index (χ4v) is 2.81. The number of hydrogen-bond donors (Lipinski definition) is 0. The maximum atomic E-state index is 10.6. The fourth-order valence-electron chi connectivity index (χ4n) is 2.67. The van der Waals surface area contributed by atoms with Crippen molar-refractivity contribution in [3.63, 3.8) is 0 Å². The summed E-state index contributed by atoms with van der Waals surface area (Å²) in [6.07, 6.45) is 22.4. The lowest BCUT2D eigenvalue weighted by molar-refractivity contribution is -0.111. The SMILES string of the molecule is C=CCCCCCCCCCCCCCCCCC(=O)Cl. The van der Waals surface area contributed by atoms with Crippen LogP contribution in [0.15, 0.2) is 12.7 Å². The molecule has 0 atom stereocenters. The van der Waals surface area contributed by atoms with Crippen molar-refractivity contribution in [3.05, 3.63) is 12.7 Å². The van der Waals surface area contributed by atoms with Gasteiger partial charge >= 0.3 is 0 Å². The standard InChI is InChI=1S/C19H35ClO/c1-2-3-4-5-6-7-8-9-10-11-12-13-14-15-16-17-18-19(20)21/h2H,1,3-18H2. The van der Waals surface area contributed by atoms with Crippen LogP contribution in [0.4, 0.5) is 0 Å². The molecule has 0 aliphatic rings. The first kappa shape index (κ1) is 20.7. The predicted molar refractivity (Wildman–Crippen MR) is 94.9 cm³/mol. The molecule has 0 aliphatic carbocycles. The maximum absolute atomic E-state index is 10.6. The van der Waals surface area contributed by atoms with Crippen LogP contribution in [0, 0.1) is 0 Å². The van der Waals surface area contributed by atoms with Gasteiger partial charge < -0.3 is 0 Å². The molecule has 0 radical (unpaired) electrons. The maximum Gasteiger partial charge on any atom is 0.221 e. The highest BCUT2D eigenvalue weighted by Gasteiger charge is 1.96. The molecule has 0 rings (SSSR count). The van der Waals surface area contributed by atoms with E-state index in [1.165, 1.54) is 83.5 Å². The van der Waals surface area contributed by atoms with Crippen molar-refractivity contribution in [1.82, 2.24) is 0 Å². The normalized spacial score (nSPS) is 10.7. The number of carbonyl (C=O) groups excluding carboxylic acids is 1. The molecule has 0 aromatic carbocycles. The number of unbranched alkanes of at least 4 members (excludes halogenated alkanes) is 14. The first-order valence-corrected chi connectivity index (χ1v) is 9.44. The summed E-state index contributed by atoms with van der Waals surface area (Å²) < 4.78 is 0. The topological polar surface area (TPSA) is 17.1 Å². The largest absolute Gasteiger partial charge is 0.281 e. The van der Waals surface area contributed by atoms with Crippen LogP contribution in [0.5, 0.6) is 0 Å². The number of halogens is 1. The van der Waals surface area contributed by atoms with E-state index in [0.717, 1.165) is 12.8 Å². The Morgan fingerprint density at radius 3 is 1.33 bits per heavy atom. The molecule has 2 heteroatoms. The molecule has 21 heavy (non-hydrogen) atoms. The molecular formula is C19H35ClO. The quantitative estimate of drug-likeness (QED) is 0.158. The second-order valence-corrected chi connectivity index (χ2v) is 6.55. The highest BCUT2D eigenvalue weighted by atomic mass is 35.5. The minimum absolute atomic E-state index is 0.185. The summed E-state index contributed by atoms with van der Waals surface area (Å²) in [6, 6.07) is 0. The molecule has 0 spiro atoms. The molecule has 0 N–H and O–H groups in total. The summed E-state index contributed by atoms with van der Waals surface area (Å²) in [4.78, 5) is 10.6. The summed E-state index contributed by atoms with van der Waals surface area (Å²) in [5.74, 6) is 0. The third-order valence-corrected chi connectivity index (χ3v) is 4.22. The van der Waals surface area contributed by atoms with Gasteiger partial charge in [0.1, 0.15) is 0 Å². The van der Waals surface area contributed by atoms with Gasteiger partial charge in [-0.05, 0) is 30.9 Å². The number of allylic oxidation sites excluding steroid dienone is 1. The molecule has 0 fully saturated rings. The van der Waals surface area contributed by atoms with Crippen LogP contribution in [0.3, 0.4) is 0 Å². The Morgan fingerprint density at radius 2 is 1.00 bits per heavy atom. The summed E-state index contributed by atoms with van der Waals surface area (Å²) in [7, 11) is 0. The van der Waals surface area contributed by atoms with Crippen molar-refractivity contribution < 1.29 is 4.79 Å². The first-order chi connectivity index (χ1) is 10.3. The van der Waals surface area contributed by atoms with Crippen molar-refractivity contribution in [1.29, 1.82) is 0 Å². The molecule has 0 heterocycles. The van der Waals surface area contributed by atoms with Gasteiger partial charge in [-0.1, -0.05) is 83.1 Å². The average Bonchev–Trinajstić information content (AvgIpc) is 2.46. The highest BCUT2D eigenvalue weighted by Crippen LogP contribution is 2.13. The van der Waals surface area contributed by atoms with E-state index in [1.54, 1.807) is 0 Å². The minimum Gasteiger partial charge on any atom is -0.281 e. The van der Waals surface area contributed by atoms with E-state index in [0.29, 0.717) is 6.42 Å². The van der Waals surface area contributed by atoms with Crippen LogP contribution in [0.2, 0.25) is 0 Å². The van der Waals surface area contributed by atoms with Gasteiger partial charge in [0.25, 0.3) is 0 Å². The van der Waals surface area contributed by atoms with E-state index in [1.807, 2.05) is 6.08 Å². The van der Waals surface area contributed by atoms with E-state index < -0.39 is 0 Å². The van der Waals surface area contributed by atoms with Gasteiger partial charge in [0, 0.05) is 6.42 Å². The zero-order valence-corrected chi connectivity index (χ0v) is 14.6. The van der Waals surface area contributed by atoms with E-state index in [4.69, 9.17) is 11.6 Å². The first-order valence-electron chi connectivity index (χ1n) is 9.06. The van der Waals surface area contributed by atoms with Gasteiger partial charge in [-0.25, -0.2) is 0 Å². The molecule has 0 amide bonds. The summed E-state index contributed by atoms with van der Waals surface area (Å²) in [6.45, 7) is 3.75. The van der Waals surface area contributed by atoms with E-state index in [9.17, 15) is 4.79 Å². The van der Waals surface area contributed by atoms with Crippen molar-refractivity contribution >= 4 is 16.8 Å². The molecule has 0 aromatic heterocycles. The van der Waals surface area contributed by atoms with Crippen molar-refractivity contribution in [2.24, 2.45) is 0 Å².